The number of rotatable bonds is 5. The van der Waals surface area contributed by atoms with Crippen LogP contribution in [0.3, 0.4) is 0 Å². The molecule has 1 saturated carbocycles. The topological polar surface area (TPSA) is 80.1 Å². The van der Waals surface area contributed by atoms with Crippen molar-refractivity contribution >= 4 is 11.5 Å². The van der Waals surface area contributed by atoms with Gasteiger partial charge in [0.2, 0.25) is 0 Å². The van der Waals surface area contributed by atoms with Crippen LogP contribution in [0.25, 0.3) is 28.2 Å². The minimum atomic E-state index is 0.519. The average Bonchev–Trinajstić information content (AvgIpc) is 3.43. The molecule has 7 heteroatoms. The molecule has 0 atom stereocenters. The number of methoxy groups -OCH3 is 1. The molecule has 5 rings (SSSR count). The smallest absolute Gasteiger partial charge is 0.140 e. The number of aromatic nitrogens is 5. The monoisotopic (exact) mass is 388 g/mol. The highest BCUT2D eigenvalue weighted by atomic mass is 16.5. The van der Waals surface area contributed by atoms with Gasteiger partial charge in [-0.3, -0.25) is 9.50 Å². The Morgan fingerprint density at radius 2 is 2.07 bits per heavy atom. The van der Waals surface area contributed by atoms with Gasteiger partial charge in [0.1, 0.15) is 17.2 Å². The van der Waals surface area contributed by atoms with E-state index in [0.29, 0.717) is 6.04 Å². The maximum absolute atomic E-state index is 5.58. The number of imidazole rings is 1. The molecule has 2 N–H and O–H groups in total. The Hall–Kier alpha value is -3.35. The van der Waals surface area contributed by atoms with Gasteiger partial charge in [-0.1, -0.05) is 25.3 Å². The summed E-state index contributed by atoms with van der Waals surface area (Å²) in [5.41, 5.74) is 4.56. The van der Waals surface area contributed by atoms with Crippen molar-refractivity contribution in [3.63, 3.8) is 0 Å². The van der Waals surface area contributed by atoms with E-state index in [4.69, 9.17) is 9.72 Å². The van der Waals surface area contributed by atoms with Crippen LogP contribution in [0, 0.1) is 0 Å². The van der Waals surface area contributed by atoms with Crippen molar-refractivity contribution in [3.05, 3.63) is 49.1 Å². The maximum Gasteiger partial charge on any atom is 0.140 e. The van der Waals surface area contributed by atoms with Crippen molar-refractivity contribution in [2.75, 3.05) is 12.4 Å². The molecular weight excluding hydrogens is 364 g/mol. The van der Waals surface area contributed by atoms with E-state index in [1.165, 1.54) is 32.1 Å². The molecule has 0 saturated heterocycles. The lowest BCUT2D eigenvalue weighted by Gasteiger charge is -2.23. The SMILES string of the molecule is COc1cc2ncc(-c3cccc(NC4CCCCC4)n3)n2cc1-c1cn[nH]c1. The molecule has 29 heavy (non-hydrogen) atoms. The van der Waals surface area contributed by atoms with E-state index in [-0.39, 0.29) is 0 Å². The molecule has 0 aromatic carbocycles. The molecule has 0 radical (unpaired) electrons. The number of ether oxygens (including phenoxy) is 1. The van der Waals surface area contributed by atoms with E-state index in [9.17, 15) is 0 Å². The second-order valence-electron chi connectivity index (χ2n) is 7.50. The Labute approximate surface area is 169 Å². The van der Waals surface area contributed by atoms with Gasteiger partial charge in [-0.05, 0) is 25.0 Å². The Morgan fingerprint density at radius 3 is 2.86 bits per heavy atom. The van der Waals surface area contributed by atoms with Crippen LogP contribution in [0.1, 0.15) is 32.1 Å². The minimum absolute atomic E-state index is 0.519. The van der Waals surface area contributed by atoms with Crippen LogP contribution < -0.4 is 10.1 Å². The molecule has 7 nitrogen and oxygen atoms in total. The van der Waals surface area contributed by atoms with Gasteiger partial charge < -0.3 is 10.1 Å². The summed E-state index contributed by atoms with van der Waals surface area (Å²) in [6, 6.07) is 8.58. The van der Waals surface area contributed by atoms with Gasteiger partial charge in [-0.15, -0.1) is 0 Å². The Morgan fingerprint density at radius 1 is 1.17 bits per heavy atom. The third kappa shape index (κ3) is 3.44. The van der Waals surface area contributed by atoms with Crippen LogP contribution in [-0.4, -0.2) is 37.7 Å². The van der Waals surface area contributed by atoms with E-state index >= 15 is 0 Å². The van der Waals surface area contributed by atoms with Crippen molar-refractivity contribution in [2.24, 2.45) is 0 Å². The average molecular weight is 388 g/mol. The van der Waals surface area contributed by atoms with Gasteiger partial charge in [-0.25, -0.2) is 9.97 Å². The van der Waals surface area contributed by atoms with Crippen LogP contribution >= 0.6 is 0 Å². The lowest BCUT2D eigenvalue weighted by Crippen LogP contribution is -2.22. The van der Waals surface area contributed by atoms with Crippen molar-refractivity contribution in [1.29, 1.82) is 0 Å². The summed E-state index contributed by atoms with van der Waals surface area (Å²) in [5, 5.41) is 10.5. The molecule has 0 aliphatic heterocycles. The number of fused-ring (bicyclic) bond motifs is 1. The maximum atomic E-state index is 5.58. The number of hydrogen-bond acceptors (Lipinski definition) is 5. The molecule has 148 valence electrons. The van der Waals surface area contributed by atoms with Crippen molar-refractivity contribution in [2.45, 2.75) is 38.1 Å². The largest absolute Gasteiger partial charge is 0.496 e. The minimum Gasteiger partial charge on any atom is -0.496 e. The van der Waals surface area contributed by atoms with Crippen LogP contribution in [0.15, 0.2) is 49.1 Å². The Kier molecular flexibility index (Phi) is 4.63. The molecule has 1 fully saturated rings. The summed E-state index contributed by atoms with van der Waals surface area (Å²) < 4.78 is 7.63. The van der Waals surface area contributed by atoms with Crippen LogP contribution in [0.4, 0.5) is 5.82 Å². The summed E-state index contributed by atoms with van der Waals surface area (Å²) in [7, 11) is 1.67. The molecule has 0 spiro atoms. The number of H-pyrrole nitrogens is 1. The molecular formula is C22H24N6O. The van der Waals surface area contributed by atoms with Crippen LogP contribution in [0.2, 0.25) is 0 Å². The predicted octanol–water partition coefficient (Wildman–Crippen LogP) is 4.54. The number of hydrogen-bond donors (Lipinski definition) is 2. The fraction of sp³-hybridized carbons (Fsp3) is 0.318. The van der Waals surface area contributed by atoms with Gasteiger partial charge in [0, 0.05) is 35.6 Å². The van der Waals surface area contributed by atoms with Gasteiger partial charge in [0.15, 0.2) is 0 Å². The number of pyridine rings is 2. The van der Waals surface area contributed by atoms with Gasteiger partial charge in [0.25, 0.3) is 0 Å². The number of aromatic amines is 1. The summed E-state index contributed by atoms with van der Waals surface area (Å²) in [5.74, 6) is 1.68. The fourth-order valence-electron chi connectivity index (χ4n) is 4.09. The molecule has 0 unspecified atom stereocenters. The molecule has 0 bridgehead atoms. The van der Waals surface area contributed by atoms with E-state index in [0.717, 1.165) is 39.7 Å². The zero-order chi connectivity index (χ0) is 19.6. The van der Waals surface area contributed by atoms with Gasteiger partial charge in [0.05, 0.1) is 30.9 Å². The van der Waals surface area contributed by atoms with Crippen LogP contribution in [-0.2, 0) is 0 Å². The number of nitrogens with one attached hydrogen (secondary N) is 2. The third-order valence-electron chi connectivity index (χ3n) is 5.61. The van der Waals surface area contributed by atoms with Gasteiger partial charge >= 0.3 is 0 Å². The van der Waals surface area contributed by atoms with Crippen LogP contribution in [0.5, 0.6) is 5.75 Å². The molecule has 4 heterocycles. The van der Waals surface area contributed by atoms with E-state index in [1.54, 1.807) is 13.3 Å². The number of anilines is 1. The zero-order valence-electron chi connectivity index (χ0n) is 16.4. The second kappa shape index (κ2) is 7.58. The van der Waals surface area contributed by atoms with Gasteiger partial charge in [-0.2, -0.15) is 5.10 Å². The molecule has 0 amide bonds. The Bertz CT molecular complexity index is 1110. The van der Waals surface area contributed by atoms with E-state index in [1.807, 2.05) is 42.9 Å². The first-order valence-corrected chi connectivity index (χ1v) is 10.1. The lowest BCUT2D eigenvalue weighted by molar-refractivity contribution is 0.416. The quantitative estimate of drug-likeness (QED) is 0.525. The summed E-state index contributed by atoms with van der Waals surface area (Å²) >= 11 is 0. The highest BCUT2D eigenvalue weighted by Gasteiger charge is 2.16. The standard InChI is InChI=1S/C22H24N6O/c1-29-20-10-22-23-13-19(28(22)14-17(20)15-11-24-25-12-15)18-8-5-9-21(27-18)26-16-6-3-2-4-7-16/h5,8-14,16H,2-4,6-7H2,1H3,(H,24,25)(H,26,27). The molecule has 4 aromatic heterocycles. The summed E-state index contributed by atoms with van der Waals surface area (Å²) in [6.07, 6.45) is 13.9. The lowest BCUT2D eigenvalue weighted by atomic mass is 9.95. The summed E-state index contributed by atoms with van der Waals surface area (Å²) in [4.78, 5) is 9.44. The fourth-order valence-corrected chi connectivity index (χ4v) is 4.09. The van der Waals surface area contributed by atoms with Crippen molar-refractivity contribution < 1.29 is 4.74 Å². The molecule has 1 aliphatic rings. The Balaban J connectivity index is 1.53. The highest BCUT2D eigenvalue weighted by Crippen LogP contribution is 2.32. The first-order chi connectivity index (χ1) is 14.3. The molecule has 4 aromatic rings. The van der Waals surface area contributed by atoms with E-state index in [2.05, 4.69) is 24.9 Å². The third-order valence-corrected chi connectivity index (χ3v) is 5.61. The van der Waals surface area contributed by atoms with E-state index < -0.39 is 0 Å². The zero-order valence-corrected chi connectivity index (χ0v) is 16.4. The first-order valence-electron chi connectivity index (χ1n) is 10.1. The van der Waals surface area contributed by atoms with Crippen molar-refractivity contribution in [3.8, 4) is 28.3 Å². The summed E-state index contributed by atoms with van der Waals surface area (Å²) in [6.45, 7) is 0. The van der Waals surface area contributed by atoms with Crippen molar-refractivity contribution in [1.82, 2.24) is 24.6 Å². The molecule has 1 aliphatic carbocycles. The second-order valence-corrected chi connectivity index (χ2v) is 7.50. The highest BCUT2D eigenvalue weighted by molar-refractivity contribution is 5.73. The number of nitrogens with zero attached hydrogens (tertiary/aromatic N) is 4. The predicted molar refractivity (Wildman–Crippen MR) is 113 cm³/mol. The first kappa shape index (κ1) is 17.7. The normalized spacial score (nSPS) is 14.9.